The van der Waals surface area contributed by atoms with E-state index >= 15 is 0 Å². The van der Waals surface area contributed by atoms with Crippen LogP contribution in [0.3, 0.4) is 0 Å². The Labute approximate surface area is 95.9 Å². The number of esters is 1. The molecule has 0 aromatic rings. The average molecular weight is 228 g/mol. The molecule has 2 N–H and O–H groups in total. The van der Waals surface area contributed by atoms with Gasteiger partial charge in [0.2, 0.25) is 5.91 Å². The highest BCUT2D eigenvalue weighted by molar-refractivity contribution is 5.88. The second kappa shape index (κ2) is 5.84. The molecule has 1 fully saturated rings. The summed E-state index contributed by atoms with van der Waals surface area (Å²) in [4.78, 5) is 25.0. The first-order valence-electron chi connectivity index (χ1n) is 5.75. The minimum absolute atomic E-state index is 0.130. The Morgan fingerprint density at radius 3 is 2.81 bits per heavy atom. The Morgan fingerprint density at radius 2 is 2.25 bits per heavy atom. The van der Waals surface area contributed by atoms with Crippen molar-refractivity contribution in [2.24, 2.45) is 5.73 Å². The molecule has 5 heteroatoms. The van der Waals surface area contributed by atoms with Crippen LogP contribution in [0.15, 0.2) is 0 Å². The second-order valence-electron chi connectivity index (χ2n) is 4.11. The first-order valence-corrected chi connectivity index (χ1v) is 5.75. The molecule has 1 aliphatic rings. The molecule has 0 aliphatic carbocycles. The van der Waals surface area contributed by atoms with E-state index in [-0.39, 0.29) is 11.9 Å². The van der Waals surface area contributed by atoms with Crippen molar-refractivity contribution in [1.82, 2.24) is 4.90 Å². The van der Waals surface area contributed by atoms with Gasteiger partial charge in [-0.05, 0) is 19.3 Å². The smallest absolute Gasteiger partial charge is 0.328 e. The number of likely N-dealkylation sites (tertiary alicyclic amines) is 1. The number of hydrogen-bond donors (Lipinski definition) is 1. The van der Waals surface area contributed by atoms with E-state index in [0.717, 1.165) is 12.8 Å². The van der Waals surface area contributed by atoms with E-state index in [9.17, 15) is 9.59 Å². The summed E-state index contributed by atoms with van der Waals surface area (Å²) in [7, 11) is 1.34. The van der Waals surface area contributed by atoms with Gasteiger partial charge in [0.25, 0.3) is 0 Å². The van der Waals surface area contributed by atoms with Crippen LogP contribution in [-0.4, -0.2) is 42.5 Å². The predicted octanol–water partition coefficient (Wildman–Crippen LogP) is 0.278. The van der Waals surface area contributed by atoms with Crippen molar-refractivity contribution in [1.29, 1.82) is 0 Å². The van der Waals surface area contributed by atoms with Gasteiger partial charge in [0.15, 0.2) is 0 Å². The highest BCUT2D eigenvalue weighted by Gasteiger charge is 2.36. The van der Waals surface area contributed by atoms with Gasteiger partial charge in [-0.15, -0.1) is 0 Å². The highest BCUT2D eigenvalue weighted by atomic mass is 16.5. The fraction of sp³-hybridized carbons (Fsp3) is 0.818. The van der Waals surface area contributed by atoms with Crippen molar-refractivity contribution < 1.29 is 14.3 Å². The van der Waals surface area contributed by atoms with Crippen LogP contribution in [0.1, 0.15) is 32.6 Å². The van der Waals surface area contributed by atoms with Crippen molar-refractivity contribution in [2.45, 2.75) is 44.7 Å². The van der Waals surface area contributed by atoms with E-state index < -0.39 is 12.1 Å². The van der Waals surface area contributed by atoms with Crippen molar-refractivity contribution >= 4 is 11.9 Å². The third-order valence-electron chi connectivity index (χ3n) is 2.93. The van der Waals surface area contributed by atoms with Crippen LogP contribution >= 0.6 is 0 Å². The lowest BCUT2D eigenvalue weighted by Crippen LogP contribution is -2.48. The monoisotopic (exact) mass is 228 g/mol. The number of ether oxygens (including phenoxy) is 1. The van der Waals surface area contributed by atoms with Gasteiger partial charge in [-0.25, -0.2) is 4.79 Å². The van der Waals surface area contributed by atoms with Crippen LogP contribution in [0.25, 0.3) is 0 Å². The zero-order chi connectivity index (χ0) is 12.1. The molecule has 16 heavy (non-hydrogen) atoms. The number of amides is 1. The molecule has 92 valence electrons. The molecule has 0 spiro atoms. The molecule has 0 radical (unpaired) electrons. The lowest BCUT2D eigenvalue weighted by Gasteiger charge is -2.25. The first kappa shape index (κ1) is 13.0. The summed E-state index contributed by atoms with van der Waals surface area (Å²) < 4.78 is 4.68. The van der Waals surface area contributed by atoms with Gasteiger partial charge in [0, 0.05) is 6.54 Å². The van der Waals surface area contributed by atoms with Crippen LogP contribution in [0.4, 0.5) is 0 Å². The van der Waals surface area contributed by atoms with Crippen molar-refractivity contribution in [2.75, 3.05) is 13.7 Å². The van der Waals surface area contributed by atoms with E-state index in [1.54, 1.807) is 4.90 Å². The predicted molar refractivity (Wildman–Crippen MR) is 59.6 cm³/mol. The molecule has 5 nitrogen and oxygen atoms in total. The van der Waals surface area contributed by atoms with Crippen LogP contribution in [0.2, 0.25) is 0 Å². The first-order chi connectivity index (χ1) is 7.61. The zero-order valence-electron chi connectivity index (χ0n) is 9.94. The van der Waals surface area contributed by atoms with Crippen molar-refractivity contribution in [3.8, 4) is 0 Å². The van der Waals surface area contributed by atoms with Gasteiger partial charge < -0.3 is 15.4 Å². The minimum atomic E-state index is -0.491. The summed E-state index contributed by atoms with van der Waals surface area (Å²) in [6.07, 6.45) is 3.04. The van der Waals surface area contributed by atoms with Crippen LogP contribution in [0, 0.1) is 0 Å². The molecule has 1 saturated heterocycles. The Hall–Kier alpha value is -1.10. The average Bonchev–Trinajstić information content (AvgIpc) is 2.76. The van der Waals surface area contributed by atoms with Gasteiger partial charge in [0.1, 0.15) is 6.04 Å². The molecule has 0 aromatic heterocycles. The Kier molecular flexibility index (Phi) is 4.73. The molecule has 1 rings (SSSR count). The zero-order valence-corrected chi connectivity index (χ0v) is 9.94. The third-order valence-corrected chi connectivity index (χ3v) is 2.93. The second-order valence-corrected chi connectivity index (χ2v) is 4.11. The lowest BCUT2D eigenvalue weighted by atomic mass is 10.1. The number of carbonyl (C=O) groups is 2. The number of methoxy groups -OCH3 is 1. The summed E-state index contributed by atoms with van der Waals surface area (Å²) in [5, 5.41) is 0. The van der Waals surface area contributed by atoms with Crippen LogP contribution in [0.5, 0.6) is 0 Å². The molecule has 1 amide bonds. The highest BCUT2D eigenvalue weighted by Crippen LogP contribution is 2.19. The molecule has 0 aromatic carbocycles. The standard InChI is InChI=1S/C11H20N2O3/c1-3-5-8(12)10(14)13-7-4-6-9(13)11(15)16-2/h8-9H,3-7,12H2,1-2H3. The van der Waals surface area contributed by atoms with Gasteiger partial charge in [-0.2, -0.15) is 0 Å². The van der Waals surface area contributed by atoms with E-state index in [2.05, 4.69) is 4.74 Å². The minimum Gasteiger partial charge on any atom is -0.467 e. The summed E-state index contributed by atoms with van der Waals surface area (Å²) in [6.45, 7) is 2.59. The quantitative estimate of drug-likeness (QED) is 0.701. The molecule has 0 bridgehead atoms. The summed E-state index contributed by atoms with van der Waals surface area (Å²) in [5.74, 6) is -0.468. The largest absolute Gasteiger partial charge is 0.467 e. The Balaban J connectivity index is 2.64. The third kappa shape index (κ3) is 2.72. The Morgan fingerprint density at radius 1 is 1.56 bits per heavy atom. The number of nitrogens with two attached hydrogens (primary N) is 1. The molecule has 1 heterocycles. The number of rotatable bonds is 4. The number of carbonyl (C=O) groups excluding carboxylic acids is 2. The van der Waals surface area contributed by atoms with E-state index in [4.69, 9.17) is 5.73 Å². The van der Waals surface area contributed by atoms with Crippen molar-refractivity contribution in [3.63, 3.8) is 0 Å². The molecular formula is C11H20N2O3. The van der Waals surface area contributed by atoms with Gasteiger partial charge in [-0.3, -0.25) is 4.79 Å². The van der Waals surface area contributed by atoms with E-state index in [1.165, 1.54) is 7.11 Å². The topological polar surface area (TPSA) is 72.6 Å². The summed E-state index contributed by atoms with van der Waals surface area (Å²) >= 11 is 0. The fourth-order valence-electron chi connectivity index (χ4n) is 2.06. The maximum atomic E-state index is 12.0. The fourth-order valence-corrected chi connectivity index (χ4v) is 2.06. The molecule has 2 atom stereocenters. The normalized spacial score (nSPS) is 21.9. The van der Waals surface area contributed by atoms with Gasteiger partial charge in [0.05, 0.1) is 13.2 Å². The molecule has 1 aliphatic heterocycles. The molecule has 0 saturated carbocycles. The summed E-state index contributed by atoms with van der Waals surface area (Å²) in [6, 6.07) is -0.921. The van der Waals surface area contributed by atoms with Crippen LogP contribution < -0.4 is 5.73 Å². The van der Waals surface area contributed by atoms with Gasteiger partial charge >= 0.3 is 5.97 Å². The molecule has 2 unspecified atom stereocenters. The van der Waals surface area contributed by atoms with E-state index in [1.807, 2.05) is 6.92 Å². The van der Waals surface area contributed by atoms with Crippen LogP contribution in [-0.2, 0) is 14.3 Å². The van der Waals surface area contributed by atoms with E-state index in [0.29, 0.717) is 19.4 Å². The summed E-state index contributed by atoms with van der Waals surface area (Å²) in [5.41, 5.74) is 5.77. The van der Waals surface area contributed by atoms with Crippen molar-refractivity contribution in [3.05, 3.63) is 0 Å². The maximum Gasteiger partial charge on any atom is 0.328 e. The number of nitrogens with zero attached hydrogens (tertiary/aromatic N) is 1. The number of hydrogen-bond acceptors (Lipinski definition) is 4. The SMILES string of the molecule is CCCC(N)C(=O)N1CCCC1C(=O)OC. The molecular weight excluding hydrogens is 208 g/mol. The van der Waals surface area contributed by atoms with Gasteiger partial charge in [-0.1, -0.05) is 13.3 Å². The maximum absolute atomic E-state index is 12.0. The Bertz CT molecular complexity index is 268. The lowest BCUT2D eigenvalue weighted by molar-refractivity contribution is -0.151.